The highest BCUT2D eigenvalue weighted by Crippen LogP contribution is 2.45. The molecule has 4 rings (SSSR count). The molecule has 0 aliphatic carbocycles. The third kappa shape index (κ3) is 5.10. The highest BCUT2D eigenvalue weighted by Gasteiger charge is 2.44. The van der Waals surface area contributed by atoms with Gasteiger partial charge in [0, 0.05) is 29.3 Å². The molecule has 1 saturated heterocycles. The predicted molar refractivity (Wildman–Crippen MR) is 138 cm³/mol. The van der Waals surface area contributed by atoms with E-state index in [1.165, 1.54) is 20.8 Å². The fourth-order valence-electron chi connectivity index (χ4n) is 4.53. The van der Waals surface area contributed by atoms with Crippen molar-refractivity contribution in [3.63, 3.8) is 0 Å². The average Bonchev–Trinajstić information content (AvgIpc) is 3.29. The summed E-state index contributed by atoms with van der Waals surface area (Å²) < 4.78 is 75.4. The number of aromatic nitrogens is 3. The minimum Gasteiger partial charge on any atom is -0.486 e. The minimum absolute atomic E-state index is 0.0232. The second-order valence-electron chi connectivity index (χ2n) is 9.96. The molecule has 0 bridgehead atoms. The molecule has 2 N–H and O–H groups in total. The number of alkyl halides is 3. The Balaban J connectivity index is 2.03. The fraction of sp³-hybridized carbons (Fsp3) is 0.542. The molecule has 14 heteroatoms. The van der Waals surface area contributed by atoms with Gasteiger partial charge in [0.2, 0.25) is 0 Å². The maximum atomic E-state index is 13.1. The van der Waals surface area contributed by atoms with Crippen LogP contribution in [-0.4, -0.2) is 81.0 Å². The number of H-pyrrole nitrogens is 1. The lowest BCUT2D eigenvalue weighted by Gasteiger charge is -2.45. The average molecular weight is 557 g/mol. The van der Waals surface area contributed by atoms with Crippen molar-refractivity contribution in [2.24, 2.45) is 4.99 Å². The van der Waals surface area contributed by atoms with Gasteiger partial charge < -0.3 is 24.7 Å². The zero-order valence-electron chi connectivity index (χ0n) is 21.8. The van der Waals surface area contributed by atoms with E-state index in [1.54, 1.807) is 12.3 Å². The first-order valence-corrected chi connectivity index (χ1v) is 13.8. The summed E-state index contributed by atoms with van der Waals surface area (Å²) >= 11 is 0. The Morgan fingerprint density at radius 1 is 1.29 bits per heavy atom. The molecule has 2 atom stereocenters. The third-order valence-corrected chi connectivity index (χ3v) is 8.90. The van der Waals surface area contributed by atoms with E-state index in [0.717, 1.165) is 6.26 Å². The molecule has 0 saturated carbocycles. The van der Waals surface area contributed by atoms with Gasteiger partial charge in [-0.05, 0) is 40.5 Å². The van der Waals surface area contributed by atoms with E-state index in [9.17, 15) is 21.6 Å². The van der Waals surface area contributed by atoms with Crippen molar-refractivity contribution >= 4 is 33.8 Å². The van der Waals surface area contributed by atoms with Crippen LogP contribution in [0.1, 0.15) is 44.8 Å². The van der Waals surface area contributed by atoms with Gasteiger partial charge in [-0.15, -0.1) is 0 Å². The minimum atomic E-state index is -4.48. The number of nitrogens with one attached hydrogen (secondary N) is 2. The van der Waals surface area contributed by atoms with Crippen molar-refractivity contribution in [3.05, 3.63) is 35.0 Å². The molecule has 2 aliphatic rings. The smallest absolute Gasteiger partial charge is 0.405 e. The van der Waals surface area contributed by atoms with Crippen LogP contribution in [-0.2, 0) is 19.3 Å². The Kier molecular flexibility index (Phi) is 7.25. The van der Waals surface area contributed by atoms with E-state index >= 15 is 0 Å². The molecule has 1 fully saturated rings. The molecule has 38 heavy (non-hydrogen) atoms. The number of hydrogen-bond acceptors (Lipinski definition) is 9. The summed E-state index contributed by atoms with van der Waals surface area (Å²) in [5.41, 5.74) is 0.855. The molecule has 2 aliphatic heterocycles. The number of hydrogen-bond donors (Lipinski definition) is 2. The summed E-state index contributed by atoms with van der Waals surface area (Å²) in [7, 11) is -3.72. The molecule has 208 valence electrons. The Morgan fingerprint density at radius 2 is 2.00 bits per heavy atom. The molecule has 4 heterocycles. The van der Waals surface area contributed by atoms with E-state index < -0.39 is 27.3 Å². The number of ether oxygens (including phenoxy) is 2. The first kappa shape index (κ1) is 27.9. The molecule has 10 nitrogen and oxygen atoms in total. The van der Waals surface area contributed by atoms with Crippen LogP contribution in [0.5, 0.6) is 5.75 Å². The monoisotopic (exact) mass is 556 g/mol. The molecular weight excluding hydrogens is 525 g/mol. The number of morpholine rings is 1. The van der Waals surface area contributed by atoms with Gasteiger partial charge in [0.05, 0.1) is 25.3 Å². The summed E-state index contributed by atoms with van der Waals surface area (Å²) in [4.78, 5) is 18.3. The van der Waals surface area contributed by atoms with Gasteiger partial charge in [0.25, 0.3) is 0 Å². The van der Waals surface area contributed by atoms with Crippen molar-refractivity contribution in [3.8, 4) is 5.75 Å². The van der Waals surface area contributed by atoms with Crippen LogP contribution in [0.15, 0.2) is 23.0 Å². The van der Waals surface area contributed by atoms with Crippen LogP contribution in [0.2, 0.25) is 0 Å². The van der Waals surface area contributed by atoms with Crippen molar-refractivity contribution in [2.75, 3.05) is 37.5 Å². The van der Waals surface area contributed by atoms with E-state index in [-0.39, 0.29) is 47.2 Å². The molecule has 0 amide bonds. The number of anilines is 1. The number of sulfone groups is 1. The lowest BCUT2D eigenvalue weighted by molar-refractivity contribution is -0.123. The zero-order valence-corrected chi connectivity index (χ0v) is 22.6. The van der Waals surface area contributed by atoms with E-state index in [1.807, 2.05) is 11.8 Å². The van der Waals surface area contributed by atoms with Crippen molar-refractivity contribution < 1.29 is 31.1 Å². The van der Waals surface area contributed by atoms with E-state index in [0.29, 0.717) is 30.4 Å². The zero-order chi connectivity index (χ0) is 28.0. The maximum Gasteiger partial charge on any atom is 0.405 e. The van der Waals surface area contributed by atoms with Crippen LogP contribution in [0.3, 0.4) is 0 Å². The van der Waals surface area contributed by atoms with Crippen molar-refractivity contribution in [1.82, 2.24) is 20.3 Å². The maximum absolute atomic E-state index is 13.1. The van der Waals surface area contributed by atoms with Crippen LogP contribution >= 0.6 is 0 Å². The highest BCUT2D eigenvalue weighted by molar-refractivity contribution is 7.91. The second kappa shape index (κ2) is 9.88. The lowest BCUT2D eigenvalue weighted by atomic mass is 10.0. The third-order valence-electron chi connectivity index (χ3n) is 6.85. The molecule has 2 aromatic rings. The lowest BCUT2D eigenvalue weighted by Crippen LogP contribution is -2.56. The number of aliphatic imine (C=N–C) groups is 1. The summed E-state index contributed by atoms with van der Waals surface area (Å²) in [6, 6.07) is 1.32. The van der Waals surface area contributed by atoms with Gasteiger partial charge in [-0.2, -0.15) is 13.2 Å². The van der Waals surface area contributed by atoms with Gasteiger partial charge in [0.15, 0.2) is 27.2 Å². The normalized spacial score (nSPS) is 20.7. The van der Waals surface area contributed by atoms with Gasteiger partial charge in [-0.25, -0.2) is 23.4 Å². The summed E-state index contributed by atoms with van der Waals surface area (Å²) in [5.74, 6) is 0.909. The SMILES string of the molecule is C=Nc1[nH]ccc1/C(=C(\C)NCC(F)(F)F)c1nc2c(c(C(C)(C)S(C)(=O)=O)n1)OC[C@@H]1COC[C@@H](C)N21. The summed E-state index contributed by atoms with van der Waals surface area (Å²) in [6.45, 7) is 9.73. The molecule has 0 aromatic carbocycles. The van der Waals surface area contributed by atoms with Gasteiger partial charge in [0.1, 0.15) is 29.4 Å². The Labute approximate surface area is 219 Å². The summed E-state index contributed by atoms with van der Waals surface area (Å²) in [5, 5.41) is 2.41. The fourth-order valence-corrected chi connectivity index (χ4v) is 5.02. The molecular formula is C24H31F3N6O4S. The first-order chi connectivity index (χ1) is 17.7. The molecule has 0 unspecified atom stereocenters. The van der Waals surface area contributed by atoms with E-state index in [2.05, 4.69) is 27.0 Å². The van der Waals surface area contributed by atoms with Crippen LogP contribution < -0.4 is 15.0 Å². The first-order valence-electron chi connectivity index (χ1n) is 11.9. The van der Waals surface area contributed by atoms with Crippen LogP contribution in [0.25, 0.3) is 5.57 Å². The number of aromatic amines is 1. The van der Waals surface area contributed by atoms with Crippen LogP contribution in [0, 0.1) is 0 Å². The quantitative estimate of drug-likeness (QED) is 0.498. The van der Waals surface area contributed by atoms with Gasteiger partial charge in [-0.3, -0.25) is 0 Å². The van der Waals surface area contributed by atoms with Crippen LogP contribution in [0.4, 0.5) is 24.8 Å². The molecule has 2 aromatic heterocycles. The van der Waals surface area contributed by atoms with E-state index in [4.69, 9.17) is 14.5 Å². The standard InChI is InChI=1S/C24H31F3N6O4S/c1-13-9-36-10-15-11-37-18-19(23(3,4)38(6,34)35)31-21(32-22(18)33(13)15)17(14(2)30-12-24(25,26)27)16-7-8-29-20(16)28-5/h7-8,13,15,29-30H,5,9-12H2,1-4,6H3/b17-14-/t13-,15+/m1/s1. The Bertz CT molecular complexity index is 1370. The summed E-state index contributed by atoms with van der Waals surface area (Å²) in [6.07, 6.45) is -1.81. The molecule has 0 spiro atoms. The number of rotatable bonds is 7. The second-order valence-corrected chi connectivity index (χ2v) is 12.5. The molecule has 0 radical (unpaired) electrons. The predicted octanol–water partition coefficient (Wildman–Crippen LogP) is 3.33. The van der Waals surface area contributed by atoms with Crippen molar-refractivity contribution in [2.45, 2.75) is 50.7 Å². The topological polar surface area (TPSA) is 122 Å². The number of allylic oxidation sites excluding steroid dienone is 1. The largest absolute Gasteiger partial charge is 0.486 e. The van der Waals surface area contributed by atoms with Gasteiger partial charge in [-0.1, -0.05) is 0 Å². The van der Waals surface area contributed by atoms with Gasteiger partial charge >= 0.3 is 6.18 Å². The highest BCUT2D eigenvalue weighted by atomic mass is 32.2. The van der Waals surface area contributed by atoms with Crippen molar-refractivity contribution in [1.29, 1.82) is 0 Å². The number of halogens is 3. The number of nitrogens with zero attached hydrogens (tertiary/aromatic N) is 4. The Hall–Kier alpha value is -3.13. The Morgan fingerprint density at radius 3 is 2.63 bits per heavy atom. The number of fused-ring (bicyclic) bond motifs is 3.